The number of esters is 1. The summed E-state index contributed by atoms with van der Waals surface area (Å²) in [6, 6.07) is 16.0. The summed E-state index contributed by atoms with van der Waals surface area (Å²) >= 11 is 0. The Morgan fingerprint density at radius 3 is 1.94 bits per heavy atom. The maximum atomic E-state index is 12.4. The molecule has 0 saturated heterocycles. The molecule has 0 aliphatic heterocycles. The van der Waals surface area contributed by atoms with Crippen molar-refractivity contribution >= 4 is 58.1 Å². The second-order valence-corrected chi connectivity index (χ2v) is 7.35. The van der Waals surface area contributed by atoms with Gasteiger partial charge in [-0.2, -0.15) is 0 Å². The molecule has 1 heterocycles. The Morgan fingerprint density at radius 1 is 0.941 bits per heavy atom. The van der Waals surface area contributed by atoms with Crippen molar-refractivity contribution in [3.8, 4) is 5.75 Å². The van der Waals surface area contributed by atoms with E-state index in [0.717, 1.165) is 5.56 Å². The van der Waals surface area contributed by atoms with Crippen LogP contribution in [0.4, 0.5) is 0 Å². The summed E-state index contributed by atoms with van der Waals surface area (Å²) in [5.74, 6) is -0.759. The van der Waals surface area contributed by atoms with Crippen molar-refractivity contribution in [1.82, 2.24) is 0 Å². The van der Waals surface area contributed by atoms with E-state index in [9.17, 15) is 24.3 Å². The van der Waals surface area contributed by atoms with Crippen molar-refractivity contribution in [1.29, 1.82) is 0 Å². The van der Waals surface area contributed by atoms with Gasteiger partial charge in [0.15, 0.2) is 0 Å². The number of rotatable bonds is 5. The van der Waals surface area contributed by atoms with Gasteiger partial charge in [-0.3, -0.25) is 9.59 Å². The molecule has 1 unspecified atom stereocenters. The molecule has 0 spiro atoms. The van der Waals surface area contributed by atoms with Crippen molar-refractivity contribution in [2.75, 3.05) is 6.61 Å². The average molecular weight is 479 g/mol. The first-order valence-electron chi connectivity index (χ1n) is 10.5. The second kappa shape index (κ2) is 16.0. The predicted molar refractivity (Wildman–Crippen MR) is 134 cm³/mol. The first-order chi connectivity index (χ1) is 15.6. The molecule has 0 aliphatic rings. The van der Waals surface area contributed by atoms with Crippen LogP contribution >= 0.6 is 0 Å². The number of ketones is 2. The number of aromatic hydroxyl groups is 1. The Morgan fingerprint density at radius 2 is 1.47 bits per heavy atom. The van der Waals surface area contributed by atoms with Crippen LogP contribution in [-0.4, -0.2) is 58.8 Å². The normalized spacial score (nSPS) is 10.4. The Balaban J connectivity index is 0.000000842. The first kappa shape index (κ1) is 31.3. The summed E-state index contributed by atoms with van der Waals surface area (Å²) in [4.78, 5) is 43.4. The molecule has 3 aromatic rings. The number of carbonyl (C=O) groups excluding carboxylic acids is 3. The van der Waals surface area contributed by atoms with Gasteiger partial charge < -0.3 is 19.1 Å². The van der Waals surface area contributed by atoms with Crippen LogP contribution in [0.2, 0.25) is 0 Å². The molecule has 0 aliphatic carbocycles. The molecular weight excluding hydrogens is 447 g/mol. The zero-order valence-corrected chi connectivity index (χ0v) is 19.6. The number of carbonyl (C=O) groups is 3. The maximum absolute atomic E-state index is 12.4. The third-order valence-electron chi connectivity index (χ3n) is 4.21. The van der Waals surface area contributed by atoms with E-state index in [-0.39, 0.29) is 64.8 Å². The van der Waals surface area contributed by atoms with E-state index in [2.05, 4.69) is 4.74 Å². The summed E-state index contributed by atoms with van der Waals surface area (Å²) in [6.45, 7) is 8.18. The van der Waals surface area contributed by atoms with Crippen LogP contribution < -0.4 is 5.63 Å². The van der Waals surface area contributed by atoms with Crippen LogP contribution in [0.25, 0.3) is 11.0 Å². The second-order valence-electron chi connectivity index (χ2n) is 7.35. The fraction of sp³-hybridized carbons (Fsp3) is 0.308. The molecule has 2 aromatic carbocycles. The summed E-state index contributed by atoms with van der Waals surface area (Å²) in [5, 5.41) is 11.1. The SMILES string of the molecule is CC(=O)CC(c1ccccc1)c1c(O)c2ccccc2oc1=O.CC(C)=O.CCOC(C)=O.[NaH]. The Hall–Kier alpha value is -2.74. The Bertz CT molecular complexity index is 1130. The van der Waals surface area contributed by atoms with Gasteiger partial charge in [0.2, 0.25) is 0 Å². The third kappa shape index (κ3) is 10.5. The number of para-hydroxylation sites is 1. The van der Waals surface area contributed by atoms with E-state index in [4.69, 9.17) is 4.42 Å². The fourth-order valence-electron chi connectivity index (χ4n) is 3.02. The molecule has 0 amide bonds. The van der Waals surface area contributed by atoms with Gasteiger partial charge in [0.05, 0.1) is 17.6 Å². The minimum atomic E-state index is -0.615. The van der Waals surface area contributed by atoms with Gasteiger partial charge in [0.1, 0.15) is 22.9 Å². The van der Waals surface area contributed by atoms with Crippen LogP contribution in [-0.2, 0) is 19.1 Å². The molecule has 34 heavy (non-hydrogen) atoms. The van der Waals surface area contributed by atoms with Crippen molar-refractivity contribution < 1.29 is 28.6 Å². The standard InChI is InChI=1S/C19H16O4.C4H8O2.C3H6O.Na.H/c1-12(20)11-15(13-7-3-2-4-8-13)17-18(21)14-9-5-6-10-16(14)23-19(17)22;1-3-6-4(2)5;1-3(2)4;;/h2-10,15,21H,11H2,1H3;3H2,1-2H3;1-2H3;;. The zero-order valence-electron chi connectivity index (χ0n) is 19.6. The van der Waals surface area contributed by atoms with Gasteiger partial charge in [-0.05, 0) is 45.4 Å². The molecule has 1 atom stereocenters. The van der Waals surface area contributed by atoms with Crippen molar-refractivity contribution in [3.05, 3.63) is 76.1 Å². The Labute approximate surface area is 221 Å². The molecule has 0 fully saturated rings. The van der Waals surface area contributed by atoms with Crippen LogP contribution in [0.3, 0.4) is 0 Å². The van der Waals surface area contributed by atoms with E-state index in [1.54, 1.807) is 31.2 Å². The molecule has 0 bridgehead atoms. The number of fused-ring (bicyclic) bond motifs is 1. The van der Waals surface area contributed by atoms with Crippen LogP contribution in [0.5, 0.6) is 5.75 Å². The van der Waals surface area contributed by atoms with E-state index in [1.165, 1.54) is 27.7 Å². The molecule has 0 saturated carbocycles. The number of hydrogen-bond donors (Lipinski definition) is 1. The summed E-state index contributed by atoms with van der Waals surface area (Å²) < 4.78 is 9.73. The molecule has 0 radical (unpaired) electrons. The monoisotopic (exact) mass is 478 g/mol. The topological polar surface area (TPSA) is 111 Å². The molecule has 8 heteroatoms. The summed E-state index contributed by atoms with van der Waals surface area (Å²) in [5.41, 5.74) is 0.635. The van der Waals surface area contributed by atoms with Gasteiger partial charge in [-0.1, -0.05) is 42.5 Å². The average Bonchev–Trinajstić information content (AvgIpc) is 2.73. The van der Waals surface area contributed by atoms with Gasteiger partial charge >= 0.3 is 41.2 Å². The molecule has 3 rings (SSSR count). The predicted octanol–water partition coefficient (Wildman–Crippen LogP) is 4.13. The Kier molecular flexibility index (Phi) is 14.7. The number of Topliss-reactive ketones (excluding diaryl/α,β-unsaturated/α-hetero) is 2. The van der Waals surface area contributed by atoms with Crippen molar-refractivity contribution in [3.63, 3.8) is 0 Å². The van der Waals surface area contributed by atoms with Crippen LogP contribution in [0, 0.1) is 0 Å². The minimum absolute atomic E-state index is 0. The summed E-state index contributed by atoms with van der Waals surface area (Å²) in [6.07, 6.45) is 0.126. The van der Waals surface area contributed by atoms with Crippen molar-refractivity contribution in [2.45, 2.75) is 47.0 Å². The van der Waals surface area contributed by atoms with Crippen LogP contribution in [0.15, 0.2) is 63.8 Å². The van der Waals surface area contributed by atoms with E-state index in [0.29, 0.717) is 17.6 Å². The van der Waals surface area contributed by atoms with E-state index in [1.807, 2.05) is 30.3 Å². The molecule has 178 valence electrons. The molecule has 1 N–H and O–H groups in total. The summed E-state index contributed by atoms with van der Waals surface area (Å²) in [7, 11) is 0. The van der Waals surface area contributed by atoms with Gasteiger partial charge in [-0.15, -0.1) is 0 Å². The van der Waals surface area contributed by atoms with E-state index < -0.39 is 11.5 Å². The number of ether oxygens (including phenoxy) is 1. The third-order valence-corrected chi connectivity index (χ3v) is 4.21. The number of benzene rings is 2. The zero-order chi connectivity index (χ0) is 25.0. The van der Waals surface area contributed by atoms with Crippen molar-refractivity contribution in [2.24, 2.45) is 0 Å². The molecular formula is C26H31NaO7. The fourth-order valence-corrected chi connectivity index (χ4v) is 3.02. The molecule has 1 aromatic heterocycles. The number of hydrogen-bond acceptors (Lipinski definition) is 7. The van der Waals surface area contributed by atoms with E-state index >= 15 is 0 Å². The van der Waals surface area contributed by atoms with Gasteiger partial charge in [0, 0.05) is 19.3 Å². The van der Waals surface area contributed by atoms with Crippen LogP contribution in [0.1, 0.15) is 58.1 Å². The van der Waals surface area contributed by atoms with Gasteiger partial charge in [0.25, 0.3) is 0 Å². The first-order valence-corrected chi connectivity index (χ1v) is 10.5. The molecule has 7 nitrogen and oxygen atoms in total. The quantitative estimate of drug-likeness (QED) is 0.333. The van der Waals surface area contributed by atoms with Gasteiger partial charge in [-0.25, -0.2) is 4.79 Å².